The van der Waals surface area contributed by atoms with Crippen LogP contribution in [0.3, 0.4) is 0 Å². The third-order valence-corrected chi connectivity index (χ3v) is 1.72. The van der Waals surface area contributed by atoms with Crippen molar-refractivity contribution in [2.45, 2.75) is 20.3 Å². The molecule has 0 bridgehead atoms. The fourth-order valence-corrected chi connectivity index (χ4v) is 0.771. The number of hydrogen-bond acceptors (Lipinski definition) is 1. The molecule has 0 aromatic carbocycles. The van der Waals surface area contributed by atoms with Gasteiger partial charge in [0.1, 0.15) is 0 Å². The second-order valence-electron chi connectivity index (χ2n) is 2.56. The van der Waals surface area contributed by atoms with Gasteiger partial charge in [-0.3, -0.25) is 0 Å². The molecule has 0 aliphatic carbocycles. The van der Waals surface area contributed by atoms with Gasteiger partial charge in [0, 0.05) is 6.61 Å². The minimum atomic E-state index is 0.267. The van der Waals surface area contributed by atoms with Crippen LogP contribution in [0.25, 0.3) is 0 Å². The molecule has 1 nitrogen and oxygen atoms in total. The molecule has 0 amide bonds. The van der Waals surface area contributed by atoms with Gasteiger partial charge >= 0.3 is 0 Å². The van der Waals surface area contributed by atoms with Crippen LogP contribution in [0.15, 0.2) is 24.3 Å². The van der Waals surface area contributed by atoms with Crippen molar-refractivity contribution in [2.24, 2.45) is 5.92 Å². The highest BCUT2D eigenvalue weighted by Gasteiger charge is 2.00. The van der Waals surface area contributed by atoms with Crippen molar-refractivity contribution in [3.63, 3.8) is 0 Å². The lowest BCUT2D eigenvalue weighted by molar-refractivity contribution is 0.271. The molecule has 0 aliphatic rings. The molecule has 0 saturated heterocycles. The number of rotatable bonds is 4. The second-order valence-corrected chi connectivity index (χ2v) is 2.56. The third kappa shape index (κ3) is 3.46. The lowest BCUT2D eigenvalue weighted by atomic mass is 9.99. The van der Waals surface area contributed by atoms with E-state index in [9.17, 15) is 0 Å². The fourth-order valence-electron chi connectivity index (χ4n) is 0.771. The maximum Gasteiger partial charge on any atom is 0.0436 e. The monoisotopic (exact) mass is 140 g/mol. The van der Waals surface area contributed by atoms with Crippen LogP contribution in [0.5, 0.6) is 0 Å². The Hall–Kier alpha value is -0.560. The molecule has 0 fully saturated rings. The highest BCUT2D eigenvalue weighted by molar-refractivity contribution is 5.10. The smallest absolute Gasteiger partial charge is 0.0436 e. The van der Waals surface area contributed by atoms with Crippen LogP contribution in [-0.2, 0) is 0 Å². The molecule has 0 aliphatic heterocycles. The van der Waals surface area contributed by atoms with E-state index in [1.54, 1.807) is 6.08 Å². The van der Waals surface area contributed by atoms with E-state index in [1.165, 1.54) is 5.57 Å². The van der Waals surface area contributed by atoms with Crippen molar-refractivity contribution < 1.29 is 5.11 Å². The van der Waals surface area contributed by atoms with Crippen molar-refractivity contribution in [2.75, 3.05) is 6.61 Å². The van der Waals surface area contributed by atoms with Gasteiger partial charge in [0.05, 0.1) is 0 Å². The van der Waals surface area contributed by atoms with Gasteiger partial charge in [-0.05, 0) is 19.3 Å². The first-order valence-electron chi connectivity index (χ1n) is 3.62. The number of allylic oxidation sites excluding steroid dienone is 3. The van der Waals surface area contributed by atoms with Gasteiger partial charge in [0.2, 0.25) is 0 Å². The summed E-state index contributed by atoms with van der Waals surface area (Å²) in [6.07, 6.45) is 4.61. The predicted octanol–water partition coefficient (Wildman–Crippen LogP) is 2.14. The molecule has 0 unspecified atom stereocenters. The maximum atomic E-state index is 8.60. The zero-order valence-corrected chi connectivity index (χ0v) is 6.80. The van der Waals surface area contributed by atoms with Crippen LogP contribution in [0.1, 0.15) is 20.3 Å². The molecule has 0 spiro atoms. The summed E-state index contributed by atoms with van der Waals surface area (Å²) in [7, 11) is 0. The van der Waals surface area contributed by atoms with Crippen LogP contribution < -0.4 is 0 Å². The zero-order chi connectivity index (χ0) is 7.98. The van der Waals surface area contributed by atoms with Crippen molar-refractivity contribution >= 4 is 0 Å². The number of hydrogen-bond donors (Lipinski definition) is 1. The molecular formula is C9H16O. The summed E-state index contributed by atoms with van der Waals surface area (Å²) in [6, 6.07) is 0. The highest BCUT2D eigenvalue weighted by atomic mass is 16.3. The molecule has 0 aromatic heterocycles. The predicted molar refractivity (Wildman–Crippen MR) is 44.8 cm³/mol. The summed E-state index contributed by atoms with van der Waals surface area (Å²) in [5.41, 5.74) is 1.28. The lowest BCUT2D eigenvalue weighted by Gasteiger charge is -2.08. The van der Waals surface area contributed by atoms with Gasteiger partial charge in [-0.15, -0.1) is 0 Å². The van der Waals surface area contributed by atoms with E-state index >= 15 is 0 Å². The van der Waals surface area contributed by atoms with Gasteiger partial charge in [-0.2, -0.15) is 0 Å². The molecule has 0 aromatic rings. The van der Waals surface area contributed by atoms with Crippen molar-refractivity contribution in [1.82, 2.24) is 0 Å². The largest absolute Gasteiger partial charge is 0.396 e. The normalized spacial score (nSPS) is 14.9. The van der Waals surface area contributed by atoms with Gasteiger partial charge < -0.3 is 5.11 Å². The van der Waals surface area contributed by atoms with Gasteiger partial charge in [0.25, 0.3) is 0 Å². The van der Waals surface area contributed by atoms with Crippen molar-refractivity contribution in [3.05, 3.63) is 24.3 Å². The Kier molecular flexibility index (Phi) is 4.95. The summed E-state index contributed by atoms with van der Waals surface area (Å²) in [4.78, 5) is 0. The average Bonchev–Trinajstić information content (AvgIpc) is 1.89. The second kappa shape index (κ2) is 5.24. The van der Waals surface area contributed by atoms with E-state index in [1.807, 2.05) is 6.08 Å². The first-order chi connectivity index (χ1) is 4.72. The van der Waals surface area contributed by atoms with Crippen LogP contribution in [0, 0.1) is 5.92 Å². The summed E-state index contributed by atoms with van der Waals surface area (Å²) >= 11 is 0. The van der Waals surface area contributed by atoms with Gasteiger partial charge in [0.15, 0.2) is 0 Å². The molecular weight excluding hydrogens is 124 g/mol. The molecule has 0 radical (unpaired) electrons. The van der Waals surface area contributed by atoms with E-state index in [-0.39, 0.29) is 6.61 Å². The molecule has 0 heterocycles. The quantitative estimate of drug-likeness (QED) is 0.593. The van der Waals surface area contributed by atoms with Crippen molar-refractivity contribution in [3.8, 4) is 0 Å². The summed E-state index contributed by atoms with van der Waals surface area (Å²) < 4.78 is 0. The lowest BCUT2D eigenvalue weighted by Crippen LogP contribution is -1.98. The Morgan fingerprint density at radius 2 is 2.30 bits per heavy atom. The average molecular weight is 140 g/mol. The summed E-state index contributed by atoms with van der Waals surface area (Å²) in [5.74, 6) is 0.475. The maximum absolute atomic E-state index is 8.60. The minimum absolute atomic E-state index is 0.267. The standard InChI is InChI=1S/C9H16O/c1-4-5-8(2)9(3)6-7-10/h4-5,9-10H,1,6-7H2,2-3H3/b8-5+/t9-/m1/s1. The molecule has 1 heteroatoms. The number of aliphatic hydroxyl groups is 1. The third-order valence-electron chi connectivity index (χ3n) is 1.72. The Bertz CT molecular complexity index is 125. The zero-order valence-electron chi connectivity index (χ0n) is 6.80. The molecule has 0 saturated carbocycles. The number of aliphatic hydroxyl groups excluding tert-OH is 1. The Morgan fingerprint density at radius 3 is 2.70 bits per heavy atom. The first kappa shape index (κ1) is 9.44. The topological polar surface area (TPSA) is 20.2 Å². The Morgan fingerprint density at radius 1 is 1.70 bits per heavy atom. The molecule has 0 rings (SSSR count). The minimum Gasteiger partial charge on any atom is -0.396 e. The van der Waals surface area contributed by atoms with E-state index in [0.717, 1.165) is 6.42 Å². The fraction of sp³-hybridized carbons (Fsp3) is 0.556. The van der Waals surface area contributed by atoms with E-state index in [0.29, 0.717) is 5.92 Å². The van der Waals surface area contributed by atoms with Gasteiger partial charge in [-0.1, -0.05) is 31.2 Å². The summed E-state index contributed by atoms with van der Waals surface area (Å²) in [6.45, 7) is 8.03. The summed E-state index contributed by atoms with van der Waals surface area (Å²) in [5, 5.41) is 8.60. The van der Waals surface area contributed by atoms with E-state index < -0.39 is 0 Å². The van der Waals surface area contributed by atoms with Crippen LogP contribution in [-0.4, -0.2) is 11.7 Å². The Balaban J connectivity index is 3.80. The molecule has 10 heavy (non-hydrogen) atoms. The molecule has 58 valence electrons. The first-order valence-corrected chi connectivity index (χ1v) is 3.62. The van der Waals surface area contributed by atoms with E-state index in [4.69, 9.17) is 5.11 Å². The van der Waals surface area contributed by atoms with Crippen LogP contribution in [0.2, 0.25) is 0 Å². The highest BCUT2D eigenvalue weighted by Crippen LogP contribution is 2.12. The molecule has 1 atom stereocenters. The SMILES string of the molecule is C=C/C=C(\C)[C@H](C)CCO. The molecule has 1 N–H and O–H groups in total. The van der Waals surface area contributed by atoms with Gasteiger partial charge in [-0.25, -0.2) is 0 Å². The van der Waals surface area contributed by atoms with Crippen molar-refractivity contribution in [1.29, 1.82) is 0 Å². The van der Waals surface area contributed by atoms with Crippen LogP contribution in [0.4, 0.5) is 0 Å². The van der Waals surface area contributed by atoms with Crippen LogP contribution >= 0.6 is 0 Å². The Labute approximate surface area is 63.1 Å². The van der Waals surface area contributed by atoms with E-state index in [2.05, 4.69) is 20.4 Å².